The lowest BCUT2D eigenvalue weighted by molar-refractivity contribution is 0.437. The Balaban J connectivity index is 3.21. The third-order valence-corrected chi connectivity index (χ3v) is 1.99. The van der Waals surface area contributed by atoms with Gasteiger partial charge in [0.05, 0.1) is 11.6 Å². The first-order valence-electron chi connectivity index (χ1n) is 4.03. The zero-order valence-corrected chi connectivity index (χ0v) is 7.88. The monoisotopic (exact) mass is 183 g/mol. The minimum absolute atomic E-state index is 0.0841. The Morgan fingerprint density at radius 2 is 2.23 bits per heavy atom. The van der Waals surface area contributed by atoms with E-state index in [-0.39, 0.29) is 23.0 Å². The zero-order chi connectivity index (χ0) is 10.0. The molecule has 1 rings (SSSR count). The largest absolute Gasteiger partial charge is 0.493 e. The Labute approximate surface area is 75.8 Å². The molecule has 0 saturated heterocycles. The summed E-state index contributed by atoms with van der Waals surface area (Å²) in [6.45, 7) is 3.36. The van der Waals surface area contributed by atoms with Gasteiger partial charge >= 0.3 is 0 Å². The van der Waals surface area contributed by atoms with Crippen LogP contribution in [0.15, 0.2) is 4.79 Å². The molecule has 0 spiro atoms. The van der Waals surface area contributed by atoms with Gasteiger partial charge in [0.1, 0.15) is 5.82 Å². The van der Waals surface area contributed by atoms with Gasteiger partial charge in [-0.1, -0.05) is 0 Å². The molecule has 1 aromatic rings. The molecule has 0 amide bonds. The molecule has 0 aliphatic rings. The van der Waals surface area contributed by atoms with Crippen LogP contribution in [-0.4, -0.2) is 22.1 Å². The summed E-state index contributed by atoms with van der Waals surface area (Å²) in [6, 6.07) is -0.0841. The molecule has 0 saturated carbocycles. The average Bonchev–Trinajstić information content (AvgIpc) is 2.12. The highest BCUT2D eigenvalue weighted by molar-refractivity contribution is 5.20. The molecule has 0 radical (unpaired) electrons. The Bertz CT molecular complexity index is 359. The minimum Gasteiger partial charge on any atom is -0.493 e. The quantitative estimate of drug-likeness (QED) is 0.606. The first-order chi connectivity index (χ1) is 6.06. The standard InChI is InChI=1S/C8H13N3O2/c1-4-7(12)10-6(5(2)9-3)11-8(4)13/h5,9H,1-3H3,(H2,10,11,12,13). The highest BCUT2D eigenvalue weighted by Crippen LogP contribution is 2.10. The van der Waals surface area contributed by atoms with Crippen LogP contribution in [0.3, 0.4) is 0 Å². The van der Waals surface area contributed by atoms with Crippen molar-refractivity contribution in [3.8, 4) is 5.88 Å². The topological polar surface area (TPSA) is 78.0 Å². The van der Waals surface area contributed by atoms with Crippen LogP contribution >= 0.6 is 0 Å². The van der Waals surface area contributed by atoms with Gasteiger partial charge < -0.3 is 15.4 Å². The van der Waals surface area contributed by atoms with E-state index in [1.165, 1.54) is 6.92 Å². The van der Waals surface area contributed by atoms with E-state index in [2.05, 4.69) is 15.3 Å². The maximum absolute atomic E-state index is 11.2. The Hall–Kier alpha value is -1.36. The summed E-state index contributed by atoms with van der Waals surface area (Å²) in [7, 11) is 1.75. The van der Waals surface area contributed by atoms with E-state index in [0.717, 1.165) is 0 Å². The lowest BCUT2D eigenvalue weighted by Gasteiger charge is -2.09. The predicted molar refractivity (Wildman–Crippen MR) is 48.7 cm³/mol. The molecule has 5 nitrogen and oxygen atoms in total. The summed E-state index contributed by atoms with van der Waals surface area (Å²) >= 11 is 0. The van der Waals surface area contributed by atoms with Gasteiger partial charge in [-0.2, -0.15) is 4.98 Å². The molecular formula is C8H13N3O2. The molecule has 1 aromatic heterocycles. The first kappa shape index (κ1) is 9.73. The summed E-state index contributed by atoms with van der Waals surface area (Å²) in [5.41, 5.74) is -0.0587. The van der Waals surface area contributed by atoms with Crippen LogP contribution in [0, 0.1) is 6.92 Å². The molecule has 0 aromatic carbocycles. The molecule has 0 fully saturated rings. The minimum atomic E-state index is -0.301. The van der Waals surface area contributed by atoms with E-state index in [1.807, 2.05) is 6.92 Å². The molecule has 3 N–H and O–H groups in total. The van der Waals surface area contributed by atoms with Crippen LogP contribution < -0.4 is 10.9 Å². The molecule has 5 heteroatoms. The fraction of sp³-hybridized carbons (Fsp3) is 0.500. The summed E-state index contributed by atoms with van der Waals surface area (Å²) in [5.74, 6) is 0.233. The summed E-state index contributed by atoms with van der Waals surface area (Å²) in [5, 5.41) is 12.2. The second-order valence-electron chi connectivity index (χ2n) is 2.91. The maximum Gasteiger partial charge on any atom is 0.257 e. The molecule has 1 heterocycles. The van der Waals surface area contributed by atoms with Crippen molar-refractivity contribution >= 4 is 0 Å². The lowest BCUT2D eigenvalue weighted by Crippen LogP contribution is -2.21. The number of aromatic amines is 1. The third-order valence-electron chi connectivity index (χ3n) is 1.99. The molecule has 1 atom stereocenters. The fourth-order valence-electron chi connectivity index (χ4n) is 0.879. The second-order valence-corrected chi connectivity index (χ2v) is 2.91. The van der Waals surface area contributed by atoms with Crippen LogP contribution in [-0.2, 0) is 0 Å². The van der Waals surface area contributed by atoms with E-state index < -0.39 is 0 Å². The molecular weight excluding hydrogens is 170 g/mol. The molecule has 0 bridgehead atoms. The molecule has 1 unspecified atom stereocenters. The van der Waals surface area contributed by atoms with Crippen molar-refractivity contribution < 1.29 is 5.11 Å². The highest BCUT2D eigenvalue weighted by Gasteiger charge is 2.09. The van der Waals surface area contributed by atoms with Crippen molar-refractivity contribution in [2.45, 2.75) is 19.9 Å². The van der Waals surface area contributed by atoms with Gasteiger partial charge in [0.15, 0.2) is 0 Å². The number of nitrogens with zero attached hydrogens (tertiary/aromatic N) is 1. The number of nitrogens with one attached hydrogen (secondary N) is 2. The number of H-pyrrole nitrogens is 1. The number of hydrogen-bond donors (Lipinski definition) is 3. The van der Waals surface area contributed by atoms with Gasteiger partial charge in [0.25, 0.3) is 5.56 Å². The van der Waals surface area contributed by atoms with E-state index in [1.54, 1.807) is 7.05 Å². The SMILES string of the molecule is CNC(C)c1nc(O)c(C)c(=O)[nH]1. The molecule has 0 aliphatic heterocycles. The van der Waals surface area contributed by atoms with Gasteiger partial charge in [-0.3, -0.25) is 4.79 Å². The van der Waals surface area contributed by atoms with E-state index in [9.17, 15) is 9.90 Å². The third kappa shape index (κ3) is 1.86. The predicted octanol–water partition coefficient (Wildman–Crippen LogP) is 0.0643. The zero-order valence-electron chi connectivity index (χ0n) is 7.88. The van der Waals surface area contributed by atoms with Crippen LogP contribution in [0.2, 0.25) is 0 Å². The van der Waals surface area contributed by atoms with Gasteiger partial charge in [-0.15, -0.1) is 0 Å². The van der Waals surface area contributed by atoms with Crippen molar-refractivity contribution in [2.24, 2.45) is 0 Å². The molecule has 72 valence electrons. The number of hydrogen-bond acceptors (Lipinski definition) is 4. The average molecular weight is 183 g/mol. The maximum atomic E-state index is 11.2. The Morgan fingerprint density at radius 1 is 1.62 bits per heavy atom. The second kappa shape index (κ2) is 3.57. The molecule has 0 aliphatic carbocycles. The van der Waals surface area contributed by atoms with Crippen molar-refractivity contribution in [1.29, 1.82) is 0 Å². The highest BCUT2D eigenvalue weighted by atomic mass is 16.3. The summed E-state index contributed by atoms with van der Waals surface area (Å²) in [6.07, 6.45) is 0. The van der Waals surface area contributed by atoms with E-state index >= 15 is 0 Å². The molecule has 13 heavy (non-hydrogen) atoms. The van der Waals surface area contributed by atoms with Crippen molar-refractivity contribution in [1.82, 2.24) is 15.3 Å². The van der Waals surface area contributed by atoms with Gasteiger partial charge in [-0.25, -0.2) is 0 Å². The van der Waals surface area contributed by atoms with Gasteiger partial charge in [-0.05, 0) is 20.9 Å². The van der Waals surface area contributed by atoms with E-state index in [4.69, 9.17) is 0 Å². The number of rotatable bonds is 2. The number of aromatic hydroxyl groups is 1. The van der Waals surface area contributed by atoms with Crippen LogP contribution in [0.1, 0.15) is 24.4 Å². The van der Waals surface area contributed by atoms with E-state index in [0.29, 0.717) is 5.82 Å². The van der Waals surface area contributed by atoms with Crippen LogP contribution in [0.5, 0.6) is 5.88 Å². The van der Waals surface area contributed by atoms with Crippen molar-refractivity contribution in [3.63, 3.8) is 0 Å². The Kier molecular flexibility index (Phi) is 2.67. The first-order valence-corrected chi connectivity index (χ1v) is 4.03. The van der Waals surface area contributed by atoms with Crippen molar-refractivity contribution in [3.05, 3.63) is 21.7 Å². The normalized spacial score (nSPS) is 12.8. The van der Waals surface area contributed by atoms with Crippen LogP contribution in [0.4, 0.5) is 0 Å². The summed E-state index contributed by atoms with van der Waals surface area (Å²) in [4.78, 5) is 17.6. The summed E-state index contributed by atoms with van der Waals surface area (Å²) < 4.78 is 0. The van der Waals surface area contributed by atoms with Gasteiger partial charge in [0.2, 0.25) is 5.88 Å². The van der Waals surface area contributed by atoms with Crippen molar-refractivity contribution in [2.75, 3.05) is 7.05 Å². The number of aromatic nitrogens is 2. The van der Waals surface area contributed by atoms with Gasteiger partial charge in [0, 0.05) is 0 Å². The smallest absolute Gasteiger partial charge is 0.257 e. The lowest BCUT2D eigenvalue weighted by atomic mass is 10.3. The van der Waals surface area contributed by atoms with Crippen LogP contribution in [0.25, 0.3) is 0 Å². The fourth-order valence-corrected chi connectivity index (χ4v) is 0.879. The Morgan fingerprint density at radius 3 is 2.69 bits per heavy atom.